The van der Waals surface area contributed by atoms with E-state index in [4.69, 9.17) is 11.6 Å². The predicted molar refractivity (Wildman–Crippen MR) is 91.3 cm³/mol. The molecular weight excluding hydrogens is 300 g/mol. The highest BCUT2D eigenvalue weighted by Gasteiger charge is 2.20. The molecule has 0 aliphatic rings. The second kappa shape index (κ2) is 9.01. The van der Waals surface area contributed by atoms with Crippen molar-refractivity contribution in [3.63, 3.8) is 0 Å². The molecule has 1 rings (SSSR count). The van der Waals surface area contributed by atoms with Crippen LogP contribution in [0.4, 0.5) is 4.79 Å². The van der Waals surface area contributed by atoms with Gasteiger partial charge in [-0.2, -0.15) is 0 Å². The summed E-state index contributed by atoms with van der Waals surface area (Å²) < 4.78 is 0. The molecule has 124 valence electrons. The molecule has 2 amide bonds. The fourth-order valence-corrected chi connectivity index (χ4v) is 2.53. The summed E-state index contributed by atoms with van der Waals surface area (Å²) in [4.78, 5) is 11.7. The summed E-state index contributed by atoms with van der Waals surface area (Å²) in [5.41, 5.74) is 1.10. The Bertz CT molecular complexity index is 458. The first-order valence-corrected chi connectivity index (χ1v) is 8.10. The molecule has 0 heterocycles. The molecule has 0 fully saturated rings. The summed E-state index contributed by atoms with van der Waals surface area (Å²) in [5.74, 6) is 0. The molecule has 0 aliphatic carbocycles. The van der Waals surface area contributed by atoms with E-state index in [0.29, 0.717) is 19.5 Å². The van der Waals surface area contributed by atoms with Crippen LogP contribution < -0.4 is 10.6 Å². The second-order valence-corrected chi connectivity index (χ2v) is 6.99. The van der Waals surface area contributed by atoms with E-state index in [1.54, 1.807) is 6.92 Å². The van der Waals surface area contributed by atoms with E-state index in [1.165, 1.54) is 5.56 Å². The van der Waals surface area contributed by atoms with Gasteiger partial charge in [0, 0.05) is 18.1 Å². The van der Waals surface area contributed by atoms with Crippen molar-refractivity contribution in [3.8, 4) is 0 Å². The van der Waals surface area contributed by atoms with Gasteiger partial charge in [0.05, 0.1) is 6.10 Å². The van der Waals surface area contributed by atoms with Gasteiger partial charge >= 0.3 is 6.03 Å². The zero-order chi connectivity index (χ0) is 16.6. The second-order valence-electron chi connectivity index (χ2n) is 6.56. The Labute approximate surface area is 138 Å². The fourth-order valence-electron chi connectivity index (χ4n) is 2.40. The van der Waals surface area contributed by atoms with Gasteiger partial charge < -0.3 is 15.7 Å². The molecule has 3 N–H and O–H groups in total. The lowest BCUT2D eigenvalue weighted by molar-refractivity contribution is 0.129. The Balaban J connectivity index is 2.17. The SMILES string of the molecule is CC(O)CC(C)(C)CNC(=O)NCCCc1ccc(Cl)cc1. The fraction of sp³-hybridized carbons (Fsp3) is 0.588. The molecule has 1 unspecified atom stereocenters. The Hall–Kier alpha value is -1.26. The molecule has 0 saturated heterocycles. The van der Waals surface area contributed by atoms with Gasteiger partial charge in [0.25, 0.3) is 0 Å². The van der Waals surface area contributed by atoms with Crippen LogP contribution in [-0.2, 0) is 6.42 Å². The van der Waals surface area contributed by atoms with Crippen LogP contribution in [-0.4, -0.2) is 30.3 Å². The van der Waals surface area contributed by atoms with Crippen LogP contribution in [0, 0.1) is 5.41 Å². The number of benzene rings is 1. The smallest absolute Gasteiger partial charge is 0.314 e. The summed E-state index contributed by atoms with van der Waals surface area (Å²) >= 11 is 5.84. The third-order valence-electron chi connectivity index (χ3n) is 3.42. The summed E-state index contributed by atoms with van der Waals surface area (Å²) in [6.45, 7) is 6.99. The molecule has 0 aromatic heterocycles. The highest BCUT2D eigenvalue weighted by Crippen LogP contribution is 2.20. The quantitative estimate of drug-likeness (QED) is 0.641. The van der Waals surface area contributed by atoms with Crippen molar-refractivity contribution in [1.82, 2.24) is 10.6 Å². The number of aliphatic hydroxyl groups excluding tert-OH is 1. The van der Waals surface area contributed by atoms with Crippen LogP contribution in [0.3, 0.4) is 0 Å². The topological polar surface area (TPSA) is 61.4 Å². The minimum atomic E-state index is -0.362. The van der Waals surface area contributed by atoms with E-state index in [9.17, 15) is 9.90 Å². The molecule has 1 aromatic carbocycles. The van der Waals surface area contributed by atoms with Gasteiger partial charge in [-0.25, -0.2) is 4.79 Å². The Morgan fingerprint density at radius 3 is 2.50 bits per heavy atom. The monoisotopic (exact) mass is 326 g/mol. The average molecular weight is 327 g/mol. The number of amides is 2. The van der Waals surface area contributed by atoms with Gasteiger partial charge in [0.1, 0.15) is 0 Å². The molecule has 0 spiro atoms. The van der Waals surface area contributed by atoms with Crippen LogP contribution in [0.25, 0.3) is 0 Å². The molecule has 0 bridgehead atoms. The van der Waals surface area contributed by atoms with E-state index >= 15 is 0 Å². The largest absolute Gasteiger partial charge is 0.393 e. The Morgan fingerprint density at radius 1 is 1.27 bits per heavy atom. The first-order chi connectivity index (χ1) is 10.3. The molecule has 1 aromatic rings. The van der Waals surface area contributed by atoms with Gasteiger partial charge in [-0.15, -0.1) is 0 Å². The standard InChI is InChI=1S/C17H27ClN2O2/c1-13(21)11-17(2,3)12-20-16(22)19-10-4-5-14-6-8-15(18)9-7-14/h6-9,13,21H,4-5,10-12H2,1-3H3,(H2,19,20,22). The van der Waals surface area contributed by atoms with E-state index in [0.717, 1.165) is 17.9 Å². The lowest BCUT2D eigenvalue weighted by Gasteiger charge is -2.26. The maximum Gasteiger partial charge on any atom is 0.314 e. The lowest BCUT2D eigenvalue weighted by Crippen LogP contribution is -2.41. The predicted octanol–water partition coefficient (Wildman–Crippen LogP) is 3.37. The van der Waals surface area contributed by atoms with Gasteiger partial charge in [-0.1, -0.05) is 37.6 Å². The summed E-state index contributed by atoms with van der Waals surface area (Å²) in [6, 6.07) is 7.60. The van der Waals surface area contributed by atoms with Crippen LogP contribution in [0.5, 0.6) is 0 Å². The third-order valence-corrected chi connectivity index (χ3v) is 3.67. The van der Waals surface area contributed by atoms with Crippen LogP contribution in [0.15, 0.2) is 24.3 Å². The number of hydrogen-bond acceptors (Lipinski definition) is 2. The van der Waals surface area contributed by atoms with Crippen molar-refractivity contribution in [2.45, 2.75) is 46.1 Å². The van der Waals surface area contributed by atoms with E-state index < -0.39 is 0 Å². The lowest BCUT2D eigenvalue weighted by atomic mass is 9.87. The van der Waals surface area contributed by atoms with Crippen LogP contribution in [0.2, 0.25) is 5.02 Å². The molecule has 0 aliphatic heterocycles. The molecular formula is C17H27ClN2O2. The number of urea groups is 1. The Kier molecular flexibility index (Phi) is 7.69. The molecule has 22 heavy (non-hydrogen) atoms. The van der Waals surface area contributed by atoms with E-state index in [2.05, 4.69) is 10.6 Å². The summed E-state index contributed by atoms with van der Waals surface area (Å²) in [6.07, 6.45) is 2.08. The number of hydrogen-bond donors (Lipinski definition) is 3. The van der Waals surface area contributed by atoms with Crippen molar-refractivity contribution >= 4 is 17.6 Å². The zero-order valence-corrected chi connectivity index (χ0v) is 14.4. The van der Waals surface area contributed by atoms with E-state index in [1.807, 2.05) is 38.1 Å². The Morgan fingerprint density at radius 2 is 1.91 bits per heavy atom. The number of carbonyl (C=O) groups is 1. The van der Waals surface area contributed by atoms with Gasteiger partial charge in [-0.05, 0) is 49.3 Å². The van der Waals surface area contributed by atoms with Crippen molar-refractivity contribution in [1.29, 1.82) is 0 Å². The molecule has 5 heteroatoms. The van der Waals surface area contributed by atoms with Crippen molar-refractivity contribution in [2.75, 3.05) is 13.1 Å². The first kappa shape index (κ1) is 18.8. The van der Waals surface area contributed by atoms with Crippen molar-refractivity contribution < 1.29 is 9.90 Å². The van der Waals surface area contributed by atoms with Crippen molar-refractivity contribution in [2.24, 2.45) is 5.41 Å². The normalized spacial score (nSPS) is 12.8. The van der Waals surface area contributed by atoms with Gasteiger partial charge in [0.15, 0.2) is 0 Å². The summed E-state index contributed by atoms with van der Waals surface area (Å²) in [5, 5.41) is 15.9. The van der Waals surface area contributed by atoms with Gasteiger partial charge in [-0.3, -0.25) is 0 Å². The van der Waals surface area contributed by atoms with Crippen LogP contribution >= 0.6 is 11.6 Å². The highest BCUT2D eigenvalue weighted by atomic mass is 35.5. The van der Waals surface area contributed by atoms with Gasteiger partial charge in [0.2, 0.25) is 0 Å². The molecule has 0 saturated carbocycles. The number of nitrogens with one attached hydrogen (secondary N) is 2. The third kappa shape index (κ3) is 8.25. The van der Waals surface area contributed by atoms with Crippen molar-refractivity contribution in [3.05, 3.63) is 34.9 Å². The molecule has 0 radical (unpaired) electrons. The maximum absolute atomic E-state index is 11.7. The molecule has 4 nitrogen and oxygen atoms in total. The van der Waals surface area contributed by atoms with Crippen LogP contribution in [0.1, 0.15) is 39.2 Å². The highest BCUT2D eigenvalue weighted by molar-refractivity contribution is 6.30. The average Bonchev–Trinajstić information content (AvgIpc) is 2.42. The number of carbonyl (C=O) groups excluding carboxylic acids is 1. The number of rotatable bonds is 8. The number of aryl methyl sites for hydroxylation is 1. The van der Waals surface area contributed by atoms with E-state index in [-0.39, 0.29) is 17.6 Å². The minimum Gasteiger partial charge on any atom is -0.393 e. The number of halogens is 1. The first-order valence-electron chi connectivity index (χ1n) is 7.73. The minimum absolute atomic E-state index is 0.116. The summed E-state index contributed by atoms with van der Waals surface area (Å²) in [7, 11) is 0. The number of aliphatic hydroxyl groups is 1. The maximum atomic E-state index is 11.7. The molecule has 1 atom stereocenters. The zero-order valence-electron chi connectivity index (χ0n) is 13.7.